The Morgan fingerprint density at radius 3 is 2.39 bits per heavy atom. The zero-order chi connectivity index (χ0) is 23.9. The molecule has 0 atom stereocenters. The van der Waals surface area contributed by atoms with Crippen LogP contribution < -0.4 is 14.8 Å². The number of ether oxygens (including phenoxy) is 1. The fourth-order valence-corrected chi connectivity index (χ4v) is 3.89. The van der Waals surface area contributed by atoms with Gasteiger partial charge in [0.2, 0.25) is 15.9 Å². The second kappa shape index (κ2) is 10.4. The number of carbonyl (C=O) groups is 1. The quantitative estimate of drug-likeness (QED) is 0.457. The van der Waals surface area contributed by atoms with E-state index in [0.717, 1.165) is 35.4 Å². The van der Waals surface area contributed by atoms with Crippen LogP contribution in [0.25, 0.3) is 0 Å². The van der Waals surface area contributed by atoms with E-state index in [-0.39, 0.29) is 30.3 Å². The number of halogens is 3. The number of benzene rings is 2. The van der Waals surface area contributed by atoms with E-state index in [2.05, 4.69) is 24.9 Å². The molecule has 3 aromatic rings. The van der Waals surface area contributed by atoms with Crippen molar-refractivity contribution in [2.24, 2.45) is 0 Å². The summed E-state index contributed by atoms with van der Waals surface area (Å²) in [5, 5.41) is 6.78. The Bertz CT molecular complexity index is 1170. The summed E-state index contributed by atoms with van der Waals surface area (Å²) in [7, 11) is -4.00. The van der Waals surface area contributed by atoms with Gasteiger partial charge >= 0.3 is 6.36 Å². The fourth-order valence-electron chi connectivity index (χ4n) is 2.86. The molecule has 1 heterocycles. The first-order valence-electron chi connectivity index (χ1n) is 9.64. The summed E-state index contributed by atoms with van der Waals surface area (Å²) < 4.78 is 68.7. The van der Waals surface area contributed by atoms with E-state index in [9.17, 15) is 26.4 Å². The molecule has 1 amide bonds. The molecule has 176 valence electrons. The molecule has 2 aromatic carbocycles. The van der Waals surface area contributed by atoms with Crippen molar-refractivity contribution in [3.8, 4) is 5.75 Å². The predicted molar refractivity (Wildman–Crippen MR) is 110 cm³/mol. The highest BCUT2D eigenvalue weighted by Gasteiger charge is 2.31. The Balaban J connectivity index is 1.48. The number of aromatic nitrogens is 3. The number of sulfonamides is 1. The maximum Gasteiger partial charge on any atom is 0.573 e. The number of carbonyl (C=O) groups excluding carboxylic acids is 1. The molecule has 0 aliphatic heterocycles. The Morgan fingerprint density at radius 2 is 1.76 bits per heavy atom. The first-order valence-corrected chi connectivity index (χ1v) is 11.1. The van der Waals surface area contributed by atoms with Gasteiger partial charge in [-0.1, -0.05) is 24.3 Å². The van der Waals surface area contributed by atoms with Gasteiger partial charge in [-0.3, -0.25) is 4.79 Å². The Hall–Kier alpha value is -3.45. The molecule has 13 heteroatoms. The van der Waals surface area contributed by atoms with Gasteiger partial charge in [0.25, 0.3) is 0 Å². The highest BCUT2D eigenvalue weighted by Crippen LogP contribution is 2.23. The number of nitrogens with zero attached hydrogens (tertiary/aromatic N) is 3. The van der Waals surface area contributed by atoms with E-state index in [1.54, 1.807) is 11.0 Å². The smallest absolute Gasteiger partial charge is 0.406 e. The van der Waals surface area contributed by atoms with Gasteiger partial charge in [0, 0.05) is 19.5 Å². The SMILES string of the molecule is O=C(CCNS(=O)(=O)c1ccc(OC(F)(F)F)cc1)NCc1ccccc1Cn1cncn1. The summed E-state index contributed by atoms with van der Waals surface area (Å²) in [4.78, 5) is 15.8. The first-order chi connectivity index (χ1) is 15.6. The average Bonchev–Trinajstić information content (AvgIpc) is 3.25. The number of alkyl halides is 3. The molecule has 0 unspecified atom stereocenters. The van der Waals surface area contributed by atoms with Crippen molar-refractivity contribution in [1.29, 1.82) is 0 Å². The third kappa shape index (κ3) is 7.57. The molecule has 1 aromatic heterocycles. The lowest BCUT2D eigenvalue weighted by Crippen LogP contribution is -2.30. The molecule has 0 bridgehead atoms. The topological polar surface area (TPSA) is 115 Å². The Labute approximate surface area is 187 Å². The number of rotatable bonds is 10. The number of amides is 1. The summed E-state index contributed by atoms with van der Waals surface area (Å²) >= 11 is 0. The first kappa shape index (κ1) is 24.2. The van der Waals surface area contributed by atoms with Gasteiger partial charge in [0.05, 0.1) is 11.4 Å². The van der Waals surface area contributed by atoms with Crippen LogP contribution in [0.4, 0.5) is 13.2 Å². The number of hydrogen-bond donors (Lipinski definition) is 2. The number of hydrogen-bond acceptors (Lipinski definition) is 6. The van der Waals surface area contributed by atoms with Crippen LogP contribution in [0.1, 0.15) is 17.5 Å². The van der Waals surface area contributed by atoms with Crippen molar-refractivity contribution in [2.75, 3.05) is 6.54 Å². The van der Waals surface area contributed by atoms with Gasteiger partial charge in [-0.05, 0) is 35.4 Å². The fraction of sp³-hybridized carbons (Fsp3) is 0.250. The van der Waals surface area contributed by atoms with E-state index in [1.165, 1.54) is 6.33 Å². The second-order valence-corrected chi connectivity index (χ2v) is 8.57. The molecular formula is C20H20F3N5O4S. The highest BCUT2D eigenvalue weighted by molar-refractivity contribution is 7.89. The van der Waals surface area contributed by atoms with Crippen LogP contribution in [0.5, 0.6) is 5.75 Å². The predicted octanol–water partition coefficient (Wildman–Crippen LogP) is 2.21. The van der Waals surface area contributed by atoms with Crippen molar-refractivity contribution < 1.29 is 31.1 Å². The van der Waals surface area contributed by atoms with Gasteiger partial charge in [-0.25, -0.2) is 22.8 Å². The largest absolute Gasteiger partial charge is 0.573 e. The van der Waals surface area contributed by atoms with E-state index in [1.807, 2.05) is 24.3 Å². The minimum atomic E-state index is -4.87. The lowest BCUT2D eigenvalue weighted by molar-refractivity contribution is -0.274. The number of nitrogens with one attached hydrogen (secondary N) is 2. The molecule has 0 fully saturated rings. The summed E-state index contributed by atoms with van der Waals surface area (Å²) in [6.07, 6.45) is -1.99. The summed E-state index contributed by atoms with van der Waals surface area (Å²) in [6.45, 7) is 0.547. The molecule has 3 rings (SSSR count). The van der Waals surface area contributed by atoms with E-state index in [4.69, 9.17) is 0 Å². The van der Waals surface area contributed by atoms with Crippen LogP contribution >= 0.6 is 0 Å². The van der Waals surface area contributed by atoms with Gasteiger partial charge in [0.15, 0.2) is 0 Å². The third-order valence-electron chi connectivity index (χ3n) is 4.41. The van der Waals surface area contributed by atoms with Crippen LogP contribution in [0, 0.1) is 0 Å². The standard InChI is InChI=1S/C20H20F3N5O4S/c21-20(22,23)32-17-5-7-18(8-6-17)33(30,31)27-10-9-19(29)25-11-15-3-1-2-4-16(15)12-28-14-24-13-26-28/h1-8,13-14,27H,9-12H2,(H,25,29). The van der Waals surface area contributed by atoms with Crippen molar-refractivity contribution in [3.63, 3.8) is 0 Å². The monoisotopic (exact) mass is 483 g/mol. The van der Waals surface area contributed by atoms with Gasteiger partial charge < -0.3 is 10.1 Å². The molecule has 0 saturated heterocycles. The summed E-state index contributed by atoms with van der Waals surface area (Å²) in [6, 6.07) is 11.2. The maximum absolute atomic E-state index is 12.3. The molecule has 0 radical (unpaired) electrons. The molecule has 33 heavy (non-hydrogen) atoms. The lowest BCUT2D eigenvalue weighted by atomic mass is 10.1. The Kier molecular flexibility index (Phi) is 7.66. The molecule has 0 saturated carbocycles. The molecule has 2 N–H and O–H groups in total. The van der Waals surface area contributed by atoms with E-state index >= 15 is 0 Å². The van der Waals surface area contributed by atoms with Gasteiger partial charge in [-0.2, -0.15) is 5.10 Å². The zero-order valence-electron chi connectivity index (χ0n) is 17.1. The summed E-state index contributed by atoms with van der Waals surface area (Å²) in [5.41, 5.74) is 1.82. The minimum absolute atomic E-state index is 0.125. The maximum atomic E-state index is 12.3. The second-order valence-electron chi connectivity index (χ2n) is 6.81. The van der Waals surface area contributed by atoms with Crippen LogP contribution in [0.3, 0.4) is 0 Å². The normalized spacial score (nSPS) is 11.8. The Morgan fingerprint density at radius 1 is 1.06 bits per heavy atom. The molecule has 0 spiro atoms. The third-order valence-corrected chi connectivity index (χ3v) is 5.88. The molecule has 0 aliphatic carbocycles. The van der Waals surface area contributed by atoms with Crippen LogP contribution in [-0.2, 0) is 27.9 Å². The van der Waals surface area contributed by atoms with Crippen molar-refractivity contribution >= 4 is 15.9 Å². The van der Waals surface area contributed by atoms with Crippen molar-refractivity contribution in [1.82, 2.24) is 24.8 Å². The highest BCUT2D eigenvalue weighted by atomic mass is 32.2. The van der Waals surface area contributed by atoms with Crippen molar-refractivity contribution in [3.05, 3.63) is 72.3 Å². The summed E-state index contributed by atoms with van der Waals surface area (Å²) in [5.74, 6) is -0.910. The zero-order valence-corrected chi connectivity index (χ0v) is 17.9. The average molecular weight is 483 g/mol. The van der Waals surface area contributed by atoms with Crippen LogP contribution in [0.15, 0.2) is 66.1 Å². The minimum Gasteiger partial charge on any atom is -0.406 e. The molecular weight excluding hydrogens is 463 g/mol. The van der Waals surface area contributed by atoms with E-state index < -0.39 is 22.1 Å². The molecule has 0 aliphatic rings. The van der Waals surface area contributed by atoms with Crippen molar-refractivity contribution in [2.45, 2.75) is 30.8 Å². The van der Waals surface area contributed by atoms with E-state index in [0.29, 0.717) is 6.54 Å². The molecule has 9 nitrogen and oxygen atoms in total. The van der Waals surface area contributed by atoms with Crippen LogP contribution in [-0.4, -0.2) is 42.0 Å². The lowest BCUT2D eigenvalue weighted by Gasteiger charge is -2.12. The van der Waals surface area contributed by atoms with Gasteiger partial charge in [0.1, 0.15) is 18.4 Å². The van der Waals surface area contributed by atoms with Crippen LogP contribution in [0.2, 0.25) is 0 Å². The van der Waals surface area contributed by atoms with Gasteiger partial charge in [-0.15, -0.1) is 13.2 Å².